The van der Waals surface area contributed by atoms with Crippen molar-refractivity contribution in [1.29, 1.82) is 0 Å². The van der Waals surface area contributed by atoms with E-state index < -0.39 is 0 Å². The second-order valence-electron chi connectivity index (χ2n) is 4.35. The molecule has 0 bridgehead atoms. The topological polar surface area (TPSA) is 38.9 Å². The van der Waals surface area contributed by atoms with Crippen LogP contribution in [0.2, 0.25) is 0 Å². The van der Waals surface area contributed by atoms with E-state index >= 15 is 0 Å². The predicted molar refractivity (Wildman–Crippen MR) is 74.5 cm³/mol. The van der Waals surface area contributed by atoms with Crippen molar-refractivity contribution in [3.63, 3.8) is 0 Å². The molecule has 2 rings (SSSR count). The van der Waals surface area contributed by atoms with Gasteiger partial charge in [0.05, 0.1) is 10.7 Å². The van der Waals surface area contributed by atoms with E-state index in [1.807, 2.05) is 0 Å². The maximum absolute atomic E-state index is 5.57. The van der Waals surface area contributed by atoms with E-state index in [9.17, 15) is 0 Å². The molecule has 90 valence electrons. The lowest BCUT2D eigenvalue weighted by Crippen LogP contribution is -2.01. The van der Waals surface area contributed by atoms with E-state index in [2.05, 4.69) is 44.0 Å². The van der Waals surface area contributed by atoms with Crippen molar-refractivity contribution in [2.45, 2.75) is 27.2 Å². The fourth-order valence-electron chi connectivity index (χ4n) is 1.84. The number of benzene rings is 1. The summed E-state index contributed by atoms with van der Waals surface area (Å²) < 4.78 is 0. The molecule has 0 unspecified atom stereocenters. The van der Waals surface area contributed by atoms with Crippen LogP contribution in [-0.2, 0) is 6.42 Å². The Hall–Kier alpha value is -1.19. The average molecular weight is 246 g/mol. The van der Waals surface area contributed by atoms with Gasteiger partial charge in [-0.05, 0) is 44.5 Å². The fraction of sp³-hybridized carbons (Fsp3) is 0.357. The molecule has 3 heteroatoms. The van der Waals surface area contributed by atoms with Crippen molar-refractivity contribution < 1.29 is 0 Å². The molecule has 0 fully saturated rings. The Morgan fingerprint density at radius 2 is 1.94 bits per heavy atom. The lowest BCUT2D eigenvalue weighted by atomic mass is 10.0. The quantitative estimate of drug-likeness (QED) is 0.903. The minimum Gasteiger partial charge on any atom is -0.330 e. The number of thiazole rings is 1. The lowest BCUT2D eigenvalue weighted by molar-refractivity contribution is 0.954. The second kappa shape index (κ2) is 4.98. The highest BCUT2D eigenvalue weighted by Crippen LogP contribution is 2.28. The molecule has 2 aromatic rings. The Labute approximate surface area is 107 Å². The monoisotopic (exact) mass is 246 g/mol. The number of aromatic nitrogens is 1. The molecule has 1 heterocycles. The summed E-state index contributed by atoms with van der Waals surface area (Å²) >= 11 is 1.75. The molecule has 1 aromatic carbocycles. The Kier molecular flexibility index (Phi) is 3.60. The Balaban J connectivity index is 2.41. The number of aryl methyl sites for hydroxylation is 3. The zero-order valence-electron chi connectivity index (χ0n) is 10.6. The van der Waals surface area contributed by atoms with Gasteiger partial charge >= 0.3 is 0 Å². The lowest BCUT2D eigenvalue weighted by Gasteiger charge is -2.03. The van der Waals surface area contributed by atoms with Crippen molar-refractivity contribution in [3.8, 4) is 11.3 Å². The van der Waals surface area contributed by atoms with Crippen LogP contribution < -0.4 is 5.73 Å². The summed E-state index contributed by atoms with van der Waals surface area (Å²) in [4.78, 5) is 5.95. The van der Waals surface area contributed by atoms with E-state index in [0.29, 0.717) is 6.54 Å². The summed E-state index contributed by atoms with van der Waals surface area (Å²) in [6.07, 6.45) is 0.871. The Morgan fingerprint density at radius 3 is 2.59 bits per heavy atom. The first-order chi connectivity index (χ1) is 8.11. The molecule has 17 heavy (non-hydrogen) atoms. The summed E-state index contributed by atoms with van der Waals surface area (Å²) in [5, 5.41) is 1.14. The van der Waals surface area contributed by atoms with Crippen molar-refractivity contribution in [2.75, 3.05) is 6.54 Å². The number of nitrogens with zero attached hydrogens (tertiary/aromatic N) is 1. The molecule has 0 amide bonds. The van der Waals surface area contributed by atoms with Crippen molar-refractivity contribution in [1.82, 2.24) is 4.98 Å². The van der Waals surface area contributed by atoms with Gasteiger partial charge in [-0.1, -0.05) is 12.1 Å². The molecule has 0 radical (unpaired) electrons. The summed E-state index contributed by atoms with van der Waals surface area (Å²) in [5.41, 5.74) is 10.5. The minimum atomic E-state index is 0.666. The van der Waals surface area contributed by atoms with E-state index in [1.54, 1.807) is 11.3 Å². The van der Waals surface area contributed by atoms with Crippen LogP contribution in [0, 0.1) is 20.8 Å². The molecule has 2 nitrogen and oxygen atoms in total. The van der Waals surface area contributed by atoms with Crippen LogP contribution in [0.25, 0.3) is 11.3 Å². The van der Waals surface area contributed by atoms with E-state index in [0.717, 1.165) is 17.1 Å². The normalized spacial score (nSPS) is 10.8. The highest BCUT2D eigenvalue weighted by Gasteiger charge is 2.09. The van der Waals surface area contributed by atoms with Gasteiger partial charge in [-0.2, -0.15) is 0 Å². The van der Waals surface area contributed by atoms with Crippen molar-refractivity contribution in [3.05, 3.63) is 39.2 Å². The zero-order valence-corrected chi connectivity index (χ0v) is 11.4. The third-order valence-corrected chi connectivity index (χ3v) is 4.01. The fourth-order valence-corrected chi connectivity index (χ4v) is 2.81. The maximum Gasteiger partial charge on any atom is 0.0947 e. The number of hydrogen-bond donors (Lipinski definition) is 1. The summed E-state index contributed by atoms with van der Waals surface area (Å²) in [7, 11) is 0. The van der Waals surface area contributed by atoms with E-state index in [-0.39, 0.29) is 0 Å². The summed E-state index contributed by atoms with van der Waals surface area (Å²) in [5.74, 6) is 0. The van der Waals surface area contributed by atoms with Crippen LogP contribution in [0.5, 0.6) is 0 Å². The van der Waals surface area contributed by atoms with Crippen LogP contribution in [0.1, 0.15) is 21.0 Å². The first-order valence-electron chi connectivity index (χ1n) is 5.86. The molecule has 0 spiro atoms. The van der Waals surface area contributed by atoms with Gasteiger partial charge in [-0.3, -0.25) is 0 Å². The van der Waals surface area contributed by atoms with Gasteiger partial charge in [0.1, 0.15) is 0 Å². The largest absolute Gasteiger partial charge is 0.330 e. The molecule has 0 aliphatic carbocycles. The van der Waals surface area contributed by atoms with Gasteiger partial charge in [0.2, 0.25) is 0 Å². The van der Waals surface area contributed by atoms with Gasteiger partial charge in [0.25, 0.3) is 0 Å². The van der Waals surface area contributed by atoms with E-state index in [1.165, 1.54) is 21.6 Å². The first-order valence-corrected chi connectivity index (χ1v) is 6.67. The maximum atomic E-state index is 5.57. The van der Waals surface area contributed by atoms with E-state index in [4.69, 9.17) is 5.73 Å². The zero-order chi connectivity index (χ0) is 12.4. The highest BCUT2D eigenvalue weighted by molar-refractivity contribution is 7.12. The predicted octanol–water partition coefficient (Wildman–Crippen LogP) is 3.24. The molecular weight excluding hydrogens is 228 g/mol. The van der Waals surface area contributed by atoms with Crippen molar-refractivity contribution >= 4 is 11.3 Å². The van der Waals surface area contributed by atoms with Gasteiger partial charge < -0.3 is 5.73 Å². The third-order valence-electron chi connectivity index (χ3n) is 2.98. The molecule has 0 aliphatic heterocycles. The van der Waals surface area contributed by atoms with Gasteiger partial charge in [-0.15, -0.1) is 11.3 Å². The van der Waals surface area contributed by atoms with Crippen LogP contribution in [0.15, 0.2) is 18.2 Å². The Bertz CT molecular complexity index is 529. The van der Waals surface area contributed by atoms with Crippen LogP contribution >= 0.6 is 11.3 Å². The highest BCUT2D eigenvalue weighted by atomic mass is 32.1. The van der Waals surface area contributed by atoms with Gasteiger partial charge in [-0.25, -0.2) is 4.98 Å². The smallest absolute Gasteiger partial charge is 0.0947 e. The Morgan fingerprint density at radius 1 is 1.18 bits per heavy atom. The van der Waals surface area contributed by atoms with Gasteiger partial charge in [0, 0.05) is 16.9 Å². The number of hydrogen-bond acceptors (Lipinski definition) is 3. The SMILES string of the molecule is Cc1ccc(-c2nc(CCN)sc2C)cc1C. The molecule has 0 atom stereocenters. The summed E-state index contributed by atoms with van der Waals surface area (Å²) in [6.45, 7) is 7.07. The average Bonchev–Trinajstić information content (AvgIpc) is 2.64. The number of rotatable bonds is 3. The number of nitrogens with two attached hydrogens (primary N) is 1. The standard InChI is InChI=1S/C14H18N2S/c1-9-4-5-12(8-10(9)2)14-11(3)17-13(16-14)6-7-15/h4-5,8H,6-7,15H2,1-3H3. The molecule has 0 aliphatic rings. The molecule has 0 saturated carbocycles. The second-order valence-corrected chi connectivity index (χ2v) is 5.64. The van der Waals surface area contributed by atoms with Crippen LogP contribution in [0.4, 0.5) is 0 Å². The summed E-state index contributed by atoms with van der Waals surface area (Å²) in [6, 6.07) is 6.52. The van der Waals surface area contributed by atoms with Crippen LogP contribution in [0.3, 0.4) is 0 Å². The molecule has 0 saturated heterocycles. The molecular formula is C14H18N2S. The molecule has 2 N–H and O–H groups in total. The van der Waals surface area contributed by atoms with Gasteiger partial charge in [0.15, 0.2) is 0 Å². The van der Waals surface area contributed by atoms with Crippen molar-refractivity contribution in [2.24, 2.45) is 5.73 Å². The first kappa shape index (κ1) is 12.3. The minimum absolute atomic E-state index is 0.666. The van der Waals surface area contributed by atoms with Crippen LogP contribution in [-0.4, -0.2) is 11.5 Å². The third kappa shape index (κ3) is 2.56. The molecule has 1 aromatic heterocycles.